The molecule has 0 aliphatic heterocycles. The van der Waals surface area contributed by atoms with Gasteiger partial charge in [-0.1, -0.05) is 35.3 Å². The van der Waals surface area contributed by atoms with Gasteiger partial charge >= 0.3 is 0 Å². The first-order valence-electron chi connectivity index (χ1n) is 4.05. The molecule has 3 heteroatoms. The van der Waals surface area contributed by atoms with E-state index >= 15 is 0 Å². The first kappa shape index (κ1) is 10.8. The number of benzene rings is 1. The van der Waals surface area contributed by atoms with E-state index in [0.717, 1.165) is 5.56 Å². The number of hydrogen-bond donors (Lipinski definition) is 1. The quantitative estimate of drug-likeness (QED) is 0.808. The molecule has 1 aromatic rings. The van der Waals surface area contributed by atoms with E-state index in [1.54, 1.807) is 19.9 Å². The Balaban J connectivity index is 2.96. The lowest BCUT2D eigenvalue weighted by Gasteiger charge is -2.17. The minimum absolute atomic E-state index is 0.506. The van der Waals surface area contributed by atoms with Gasteiger partial charge in [-0.25, -0.2) is 0 Å². The Morgan fingerprint density at radius 3 is 2.46 bits per heavy atom. The number of halogens is 2. The fourth-order valence-electron chi connectivity index (χ4n) is 1.15. The fraction of sp³-hybridized carbons (Fsp3) is 0.400. The van der Waals surface area contributed by atoms with Gasteiger partial charge in [-0.3, -0.25) is 0 Å². The first-order valence-corrected chi connectivity index (χ1v) is 4.81. The fourth-order valence-corrected chi connectivity index (χ4v) is 1.54. The van der Waals surface area contributed by atoms with Crippen molar-refractivity contribution >= 4 is 23.2 Å². The summed E-state index contributed by atoms with van der Waals surface area (Å²) in [5, 5.41) is 10.6. The molecule has 1 aromatic carbocycles. The van der Waals surface area contributed by atoms with Crippen molar-refractivity contribution < 1.29 is 5.11 Å². The van der Waals surface area contributed by atoms with Crippen LogP contribution in [0.15, 0.2) is 18.2 Å². The lowest BCUT2D eigenvalue weighted by atomic mass is 9.99. The molecule has 0 saturated carbocycles. The maximum atomic E-state index is 9.58. The molecule has 0 fully saturated rings. The zero-order valence-corrected chi connectivity index (χ0v) is 9.15. The topological polar surface area (TPSA) is 20.2 Å². The summed E-state index contributed by atoms with van der Waals surface area (Å²) < 4.78 is 0. The van der Waals surface area contributed by atoms with Gasteiger partial charge in [-0.15, -0.1) is 0 Å². The molecule has 0 saturated heterocycles. The van der Waals surface area contributed by atoms with Crippen molar-refractivity contribution in [3.8, 4) is 0 Å². The molecule has 0 aromatic heterocycles. The van der Waals surface area contributed by atoms with Gasteiger partial charge in [0, 0.05) is 6.42 Å². The molecule has 0 aliphatic rings. The van der Waals surface area contributed by atoms with Crippen LogP contribution in [0.5, 0.6) is 0 Å². The minimum atomic E-state index is -0.756. The summed E-state index contributed by atoms with van der Waals surface area (Å²) in [6.07, 6.45) is 0.506. The second-order valence-electron chi connectivity index (χ2n) is 3.70. The number of rotatable bonds is 2. The summed E-state index contributed by atoms with van der Waals surface area (Å²) in [5.41, 5.74) is 0.121. The molecule has 0 bridgehead atoms. The minimum Gasteiger partial charge on any atom is -0.390 e. The SMILES string of the molecule is CC(C)(O)Cc1cccc(Cl)c1Cl. The third-order valence-corrected chi connectivity index (χ3v) is 2.51. The summed E-state index contributed by atoms with van der Waals surface area (Å²) in [7, 11) is 0. The summed E-state index contributed by atoms with van der Waals surface area (Å²) in [4.78, 5) is 0. The summed E-state index contributed by atoms with van der Waals surface area (Å²) in [6.45, 7) is 3.48. The van der Waals surface area contributed by atoms with Crippen LogP contribution >= 0.6 is 23.2 Å². The average Bonchev–Trinajstić information content (AvgIpc) is 1.96. The summed E-state index contributed by atoms with van der Waals surface area (Å²) >= 11 is 11.8. The van der Waals surface area contributed by atoms with Crippen LogP contribution in [0.4, 0.5) is 0 Å². The third kappa shape index (κ3) is 3.18. The second kappa shape index (κ2) is 3.87. The molecule has 13 heavy (non-hydrogen) atoms. The molecule has 1 rings (SSSR count). The van der Waals surface area contributed by atoms with Gasteiger partial charge in [0.25, 0.3) is 0 Å². The highest BCUT2D eigenvalue weighted by atomic mass is 35.5. The largest absolute Gasteiger partial charge is 0.390 e. The molecule has 1 N–H and O–H groups in total. The standard InChI is InChI=1S/C10H12Cl2O/c1-10(2,13)6-7-4-3-5-8(11)9(7)12/h3-5,13H,6H2,1-2H3. The molecule has 0 heterocycles. The van der Waals surface area contributed by atoms with E-state index in [1.165, 1.54) is 0 Å². The summed E-state index contributed by atoms with van der Waals surface area (Å²) in [6, 6.07) is 5.43. The van der Waals surface area contributed by atoms with Crippen molar-refractivity contribution in [1.82, 2.24) is 0 Å². The predicted molar refractivity (Wildman–Crippen MR) is 56.5 cm³/mol. The zero-order chi connectivity index (χ0) is 10.1. The smallest absolute Gasteiger partial charge is 0.0632 e. The monoisotopic (exact) mass is 218 g/mol. The van der Waals surface area contributed by atoms with Crippen LogP contribution in [0.3, 0.4) is 0 Å². The van der Waals surface area contributed by atoms with Crippen LogP contribution in [0.25, 0.3) is 0 Å². The van der Waals surface area contributed by atoms with Crippen molar-refractivity contribution in [2.45, 2.75) is 25.9 Å². The van der Waals surface area contributed by atoms with Crippen LogP contribution < -0.4 is 0 Å². The van der Waals surface area contributed by atoms with E-state index in [0.29, 0.717) is 16.5 Å². The molecular weight excluding hydrogens is 207 g/mol. The van der Waals surface area contributed by atoms with Crippen LogP contribution in [-0.2, 0) is 6.42 Å². The van der Waals surface area contributed by atoms with Crippen LogP contribution in [0, 0.1) is 0 Å². The van der Waals surface area contributed by atoms with E-state index < -0.39 is 5.60 Å². The zero-order valence-electron chi connectivity index (χ0n) is 7.64. The lowest BCUT2D eigenvalue weighted by molar-refractivity contribution is 0.0810. The van der Waals surface area contributed by atoms with Gasteiger partial charge in [-0.2, -0.15) is 0 Å². The van der Waals surface area contributed by atoms with Crippen LogP contribution in [0.2, 0.25) is 10.0 Å². The molecule has 0 unspecified atom stereocenters. The Morgan fingerprint density at radius 2 is 1.92 bits per heavy atom. The maximum absolute atomic E-state index is 9.58. The Morgan fingerprint density at radius 1 is 1.31 bits per heavy atom. The molecule has 0 aliphatic carbocycles. The second-order valence-corrected chi connectivity index (χ2v) is 4.49. The molecule has 72 valence electrons. The molecule has 1 nitrogen and oxygen atoms in total. The van der Waals surface area contributed by atoms with E-state index in [1.807, 2.05) is 12.1 Å². The number of hydrogen-bond acceptors (Lipinski definition) is 1. The van der Waals surface area contributed by atoms with Crippen molar-refractivity contribution in [3.63, 3.8) is 0 Å². The molecule has 0 amide bonds. The summed E-state index contributed by atoms with van der Waals surface area (Å²) in [5.74, 6) is 0. The Hall–Kier alpha value is -0.240. The Bertz CT molecular complexity index is 302. The average molecular weight is 219 g/mol. The first-order chi connectivity index (χ1) is 5.90. The van der Waals surface area contributed by atoms with Gasteiger partial charge in [0.2, 0.25) is 0 Å². The van der Waals surface area contributed by atoms with Crippen molar-refractivity contribution in [2.24, 2.45) is 0 Å². The lowest BCUT2D eigenvalue weighted by Crippen LogP contribution is -2.21. The molecule has 0 atom stereocenters. The van der Waals surface area contributed by atoms with E-state index in [-0.39, 0.29) is 0 Å². The maximum Gasteiger partial charge on any atom is 0.0632 e. The van der Waals surface area contributed by atoms with Crippen molar-refractivity contribution in [3.05, 3.63) is 33.8 Å². The Kier molecular flexibility index (Phi) is 3.23. The molecule has 0 spiro atoms. The van der Waals surface area contributed by atoms with Crippen molar-refractivity contribution in [2.75, 3.05) is 0 Å². The van der Waals surface area contributed by atoms with Gasteiger partial charge in [0.15, 0.2) is 0 Å². The van der Waals surface area contributed by atoms with Gasteiger partial charge in [0.05, 0.1) is 15.6 Å². The van der Waals surface area contributed by atoms with E-state index in [2.05, 4.69) is 0 Å². The normalized spacial score (nSPS) is 11.8. The Labute approximate surface area is 88.3 Å². The highest BCUT2D eigenvalue weighted by molar-refractivity contribution is 6.42. The van der Waals surface area contributed by atoms with Gasteiger partial charge in [-0.05, 0) is 25.5 Å². The van der Waals surface area contributed by atoms with E-state index in [4.69, 9.17) is 23.2 Å². The molecule has 0 radical (unpaired) electrons. The van der Waals surface area contributed by atoms with Crippen molar-refractivity contribution in [1.29, 1.82) is 0 Å². The molecular formula is C10H12Cl2O. The van der Waals surface area contributed by atoms with Crippen LogP contribution in [-0.4, -0.2) is 10.7 Å². The van der Waals surface area contributed by atoms with Gasteiger partial charge in [0.1, 0.15) is 0 Å². The van der Waals surface area contributed by atoms with Crippen LogP contribution in [0.1, 0.15) is 19.4 Å². The predicted octanol–water partition coefficient (Wildman–Crippen LogP) is 3.31. The highest BCUT2D eigenvalue weighted by Crippen LogP contribution is 2.27. The van der Waals surface area contributed by atoms with E-state index in [9.17, 15) is 5.11 Å². The van der Waals surface area contributed by atoms with Gasteiger partial charge < -0.3 is 5.11 Å². The highest BCUT2D eigenvalue weighted by Gasteiger charge is 2.16. The third-order valence-electron chi connectivity index (χ3n) is 1.65. The number of aliphatic hydroxyl groups is 1.